The number of ketones is 1. The summed E-state index contributed by atoms with van der Waals surface area (Å²) in [6.07, 6.45) is 1.27. The average molecular weight is 477 g/mol. The normalized spacial score (nSPS) is 11.7. The van der Waals surface area contributed by atoms with Crippen LogP contribution in [0.5, 0.6) is 0 Å². The summed E-state index contributed by atoms with van der Waals surface area (Å²) in [5, 5.41) is 4.96. The van der Waals surface area contributed by atoms with E-state index in [1.165, 1.54) is 24.4 Å². The van der Waals surface area contributed by atoms with Crippen LogP contribution in [0.25, 0.3) is 10.9 Å². The largest absolute Gasteiger partial charge is 0.294 e. The van der Waals surface area contributed by atoms with Crippen LogP contribution in [0.4, 0.5) is 4.39 Å². The van der Waals surface area contributed by atoms with Crippen LogP contribution in [0.2, 0.25) is 10.0 Å². The van der Waals surface area contributed by atoms with Crippen molar-refractivity contribution in [2.24, 2.45) is 0 Å². The fourth-order valence-electron chi connectivity index (χ4n) is 3.34. The third kappa shape index (κ3) is 3.84. The minimum Gasteiger partial charge on any atom is -0.294 e. The van der Waals surface area contributed by atoms with Gasteiger partial charge in [0.15, 0.2) is 5.78 Å². The van der Waals surface area contributed by atoms with Gasteiger partial charge in [0.05, 0.1) is 27.2 Å². The Balaban J connectivity index is 1.77. The van der Waals surface area contributed by atoms with Gasteiger partial charge in [0, 0.05) is 16.8 Å². The van der Waals surface area contributed by atoms with Crippen LogP contribution in [0.15, 0.2) is 65.7 Å². The van der Waals surface area contributed by atoms with E-state index in [9.17, 15) is 17.6 Å². The maximum Gasteiger partial charge on any atom is 0.283 e. The molecule has 0 spiro atoms. The lowest BCUT2D eigenvalue weighted by molar-refractivity contribution is 0.0989. The van der Waals surface area contributed by atoms with Crippen molar-refractivity contribution in [1.29, 1.82) is 0 Å². The lowest BCUT2D eigenvalue weighted by atomic mass is 10.0. The molecule has 158 valence electrons. The number of nitrogens with zero attached hydrogens (tertiary/aromatic N) is 2. The van der Waals surface area contributed by atoms with Crippen molar-refractivity contribution in [3.63, 3.8) is 0 Å². The molecule has 5 nitrogen and oxygen atoms in total. The van der Waals surface area contributed by atoms with E-state index in [-0.39, 0.29) is 21.9 Å². The topological polar surface area (TPSA) is 69.0 Å². The summed E-state index contributed by atoms with van der Waals surface area (Å²) in [5.41, 5.74) is 1.01. The number of hydrogen-bond donors (Lipinski definition) is 0. The monoisotopic (exact) mass is 476 g/mol. The van der Waals surface area contributed by atoms with Crippen LogP contribution in [-0.4, -0.2) is 23.4 Å². The zero-order valence-electron chi connectivity index (χ0n) is 16.1. The predicted octanol–water partition coefficient (Wildman–Crippen LogP) is 5.45. The maximum absolute atomic E-state index is 14.1. The first kappa shape index (κ1) is 21.5. The first-order valence-corrected chi connectivity index (χ1v) is 11.3. The van der Waals surface area contributed by atoms with Crippen LogP contribution in [0.3, 0.4) is 0 Å². The molecule has 0 N–H and O–H groups in total. The van der Waals surface area contributed by atoms with Crippen molar-refractivity contribution in [2.45, 2.75) is 18.2 Å². The third-order valence-corrected chi connectivity index (χ3v) is 7.40. The highest BCUT2D eigenvalue weighted by molar-refractivity contribution is 7.90. The molecule has 1 aromatic heterocycles. The Morgan fingerprint density at radius 2 is 1.77 bits per heavy atom. The summed E-state index contributed by atoms with van der Waals surface area (Å²) in [5.74, 6) is -1.22. The van der Waals surface area contributed by atoms with E-state index in [0.29, 0.717) is 27.1 Å². The molecule has 0 fully saturated rings. The lowest BCUT2D eigenvalue weighted by Crippen LogP contribution is -2.16. The highest BCUT2D eigenvalue weighted by Gasteiger charge is 2.24. The molecule has 0 amide bonds. The molecule has 4 aromatic rings. The van der Waals surface area contributed by atoms with Crippen molar-refractivity contribution < 1.29 is 17.6 Å². The quantitative estimate of drug-likeness (QED) is 0.359. The number of carbonyl (C=O) groups is 1. The zero-order valence-corrected chi connectivity index (χ0v) is 18.5. The summed E-state index contributed by atoms with van der Waals surface area (Å²) < 4.78 is 41.5. The van der Waals surface area contributed by atoms with E-state index in [2.05, 4.69) is 5.10 Å². The highest BCUT2D eigenvalue weighted by Crippen LogP contribution is 2.28. The molecule has 0 saturated heterocycles. The van der Waals surface area contributed by atoms with Gasteiger partial charge in [-0.2, -0.15) is 17.6 Å². The number of benzene rings is 3. The van der Waals surface area contributed by atoms with Crippen LogP contribution >= 0.6 is 23.2 Å². The molecule has 31 heavy (non-hydrogen) atoms. The standard InChI is InChI=1S/C22H15Cl2FN2O3S/c1-13-16(23)4-3-7-21(13)31(29,30)27-19-10-14(8-9-15(19)12-26-27)11-20(28)22-17(24)5-2-6-18(22)25/h2-10,12H,11H2,1H3. The molecule has 4 rings (SSSR count). The fraction of sp³-hybridized carbons (Fsp3) is 0.0909. The van der Waals surface area contributed by atoms with Gasteiger partial charge in [-0.1, -0.05) is 47.5 Å². The summed E-state index contributed by atoms with van der Waals surface area (Å²) in [6.45, 7) is 1.61. The van der Waals surface area contributed by atoms with Gasteiger partial charge in [0.1, 0.15) is 5.82 Å². The van der Waals surface area contributed by atoms with E-state index >= 15 is 0 Å². The summed E-state index contributed by atoms with van der Waals surface area (Å²) in [4.78, 5) is 12.7. The number of aromatic nitrogens is 2. The van der Waals surface area contributed by atoms with Crippen LogP contribution in [-0.2, 0) is 16.4 Å². The molecule has 0 atom stereocenters. The first-order chi connectivity index (χ1) is 14.7. The van der Waals surface area contributed by atoms with Gasteiger partial charge >= 0.3 is 0 Å². The van der Waals surface area contributed by atoms with Crippen molar-refractivity contribution in [3.05, 3.63) is 93.3 Å². The van der Waals surface area contributed by atoms with Gasteiger partial charge in [-0.05, 0) is 48.4 Å². The first-order valence-electron chi connectivity index (χ1n) is 9.14. The molecule has 0 aliphatic carbocycles. The Labute approximate surface area is 188 Å². The molecule has 0 bridgehead atoms. The SMILES string of the molecule is Cc1c(Cl)cccc1S(=O)(=O)n1ncc2ccc(CC(=O)c3c(F)cccc3Cl)cc21. The van der Waals surface area contributed by atoms with Gasteiger partial charge in [0.2, 0.25) is 0 Å². The summed E-state index contributed by atoms with van der Waals surface area (Å²) in [6, 6.07) is 13.5. The van der Waals surface area contributed by atoms with E-state index in [4.69, 9.17) is 23.2 Å². The molecule has 1 heterocycles. The Kier molecular flexibility index (Phi) is 5.60. The van der Waals surface area contributed by atoms with Crippen LogP contribution in [0.1, 0.15) is 21.5 Å². The molecule has 0 unspecified atom stereocenters. The van der Waals surface area contributed by atoms with Gasteiger partial charge in [-0.25, -0.2) is 4.39 Å². The Bertz CT molecular complexity index is 1430. The second kappa shape index (κ2) is 8.07. The molecule has 0 aliphatic rings. The van der Waals surface area contributed by atoms with Gasteiger partial charge in [-0.3, -0.25) is 4.79 Å². The summed E-state index contributed by atoms with van der Waals surface area (Å²) >= 11 is 12.1. The molecular weight excluding hydrogens is 462 g/mol. The van der Waals surface area contributed by atoms with Crippen molar-refractivity contribution in [1.82, 2.24) is 9.19 Å². The lowest BCUT2D eigenvalue weighted by Gasteiger charge is -2.10. The van der Waals surface area contributed by atoms with Crippen molar-refractivity contribution in [3.8, 4) is 0 Å². The zero-order chi connectivity index (χ0) is 22.3. The summed E-state index contributed by atoms with van der Waals surface area (Å²) in [7, 11) is -4.03. The minimum atomic E-state index is -4.03. The molecular formula is C22H15Cl2FN2O3S. The Morgan fingerprint density at radius 3 is 2.52 bits per heavy atom. The Hall–Kier alpha value is -2.74. The van der Waals surface area contributed by atoms with E-state index in [0.717, 1.165) is 10.2 Å². The van der Waals surface area contributed by atoms with E-state index < -0.39 is 21.6 Å². The number of carbonyl (C=O) groups excluding carboxylic acids is 1. The highest BCUT2D eigenvalue weighted by atomic mass is 35.5. The van der Waals surface area contributed by atoms with Gasteiger partial charge in [0.25, 0.3) is 10.0 Å². The van der Waals surface area contributed by atoms with E-state index in [1.807, 2.05) is 0 Å². The fourth-order valence-corrected chi connectivity index (χ4v) is 5.36. The Morgan fingerprint density at radius 1 is 1.06 bits per heavy atom. The van der Waals surface area contributed by atoms with Crippen LogP contribution in [0, 0.1) is 12.7 Å². The molecule has 0 aliphatic heterocycles. The molecule has 3 aromatic carbocycles. The number of Topliss-reactive ketones (excluding diaryl/α,β-unsaturated/α-hetero) is 1. The van der Waals surface area contributed by atoms with Crippen molar-refractivity contribution >= 4 is 49.9 Å². The maximum atomic E-state index is 14.1. The second-order valence-corrected chi connectivity index (χ2v) is 9.50. The number of rotatable bonds is 5. The van der Waals surface area contributed by atoms with Gasteiger partial charge < -0.3 is 0 Å². The van der Waals surface area contributed by atoms with Crippen LogP contribution < -0.4 is 0 Å². The number of halogens is 3. The number of fused-ring (bicyclic) bond motifs is 1. The van der Waals surface area contributed by atoms with Gasteiger partial charge in [-0.15, -0.1) is 0 Å². The number of hydrogen-bond acceptors (Lipinski definition) is 4. The molecule has 0 radical (unpaired) electrons. The average Bonchev–Trinajstić information content (AvgIpc) is 3.14. The minimum absolute atomic E-state index is 0.0233. The second-order valence-electron chi connectivity index (χ2n) is 6.95. The predicted molar refractivity (Wildman–Crippen MR) is 118 cm³/mol. The van der Waals surface area contributed by atoms with Crippen molar-refractivity contribution in [2.75, 3.05) is 0 Å². The smallest absolute Gasteiger partial charge is 0.283 e. The molecule has 0 saturated carbocycles. The molecule has 9 heteroatoms. The van der Waals surface area contributed by atoms with E-state index in [1.54, 1.807) is 37.3 Å². The third-order valence-electron chi connectivity index (χ3n) is 4.93.